The molecule has 1 aromatic heterocycles. The summed E-state index contributed by atoms with van der Waals surface area (Å²) in [7, 11) is 0. The van der Waals surface area contributed by atoms with Crippen LogP contribution in [-0.4, -0.2) is 17.4 Å². The average molecular weight is 252 g/mol. The Morgan fingerprint density at radius 2 is 2.11 bits per heavy atom. The van der Waals surface area contributed by atoms with Crippen molar-refractivity contribution in [3.63, 3.8) is 0 Å². The Morgan fingerprint density at radius 1 is 1.39 bits per heavy atom. The van der Waals surface area contributed by atoms with Crippen LogP contribution in [0, 0.1) is 0 Å². The number of halogens is 1. The summed E-state index contributed by atoms with van der Waals surface area (Å²) >= 11 is 0. The summed E-state index contributed by atoms with van der Waals surface area (Å²) in [5.74, 6) is -0.0387. The maximum absolute atomic E-state index is 13.3. The number of hydrogen-bond donors (Lipinski definition) is 1. The Labute approximate surface area is 103 Å². The molecule has 0 saturated carbocycles. The van der Waals surface area contributed by atoms with Gasteiger partial charge in [0.25, 0.3) is 0 Å². The Morgan fingerprint density at radius 3 is 2.78 bits per heavy atom. The van der Waals surface area contributed by atoms with Gasteiger partial charge in [-0.3, -0.25) is 0 Å². The molecule has 0 aliphatic carbocycles. The van der Waals surface area contributed by atoms with Gasteiger partial charge in [0, 0.05) is 17.5 Å². The van der Waals surface area contributed by atoms with E-state index < -0.39 is 11.3 Å². The van der Waals surface area contributed by atoms with E-state index in [1.807, 2.05) is 0 Å². The standard InChI is InChI=1S/C13H13FO4/c1-13(2,14)7-17-11-6-10-8(5-9(11)15)3-4-12(16)18-10/h3-6,15H,7H2,1-2H3. The van der Waals surface area contributed by atoms with Gasteiger partial charge < -0.3 is 14.3 Å². The Kier molecular flexibility index (Phi) is 2.98. The maximum Gasteiger partial charge on any atom is 0.336 e. The summed E-state index contributed by atoms with van der Waals surface area (Å²) < 4.78 is 23.4. The van der Waals surface area contributed by atoms with Crippen LogP contribution in [0.5, 0.6) is 11.5 Å². The van der Waals surface area contributed by atoms with E-state index in [-0.39, 0.29) is 23.7 Å². The normalized spacial score (nSPS) is 11.7. The second-order valence-corrected chi connectivity index (χ2v) is 4.62. The van der Waals surface area contributed by atoms with Crippen molar-refractivity contribution in [1.82, 2.24) is 0 Å². The molecule has 0 aliphatic heterocycles. The Bertz CT molecular complexity index is 625. The summed E-state index contributed by atoms with van der Waals surface area (Å²) in [6, 6.07) is 5.56. The van der Waals surface area contributed by atoms with Crippen molar-refractivity contribution in [2.45, 2.75) is 19.5 Å². The van der Waals surface area contributed by atoms with Gasteiger partial charge in [-0.25, -0.2) is 9.18 Å². The van der Waals surface area contributed by atoms with Gasteiger partial charge in [0.2, 0.25) is 0 Å². The SMILES string of the molecule is CC(C)(F)COc1cc2oc(=O)ccc2cc1O. The molecular formula is C13H13FO4. The lowest BCUT2D eigenvalue weighted by Crippen LogP contribution is -2.22. The van der Waals surface area contributed by atoms with Crippen LogP contribution in [0.15, 0.2) is 33.5 Å². The Balaban J connectivity index is 2.39. The zero-order chi connectivity index (χ0) is 13.3. The van der Waals surface area contributed by atoms with Crippen LogP contribution in [0.25, 0.3) is 11.0 Å². The van der Waals surface area contributed by atoms with Crippen LogP contribution in [0.4, 0.5) is 4.39 Å². The molecule has 0 saturated heterocycles. The van der Waals surface area contributed by atoms with Gasteiger partial charge in [0.05, 0.1) is 0 Å². The molecular weight excluding hydrogens is 239 g/mol. The summed E-state index contributed by atoms with van der Waals surface area (Å²) in [6.07, 6.45) is 0. The fourth-order valence-corrected chi connectivity index (χ4v) is 1.45. The number of phenols is 1. The molecule has 0 bridgehead atoms. The molecule has 1 N–H and O–H groups in total. The van der Waals surface area contributed by atoms with Gasteiger partial charge in [-0.15, -0.1) is 0 Å². The molecule has 0 fully saturated rings. The van der Waals surface area contributed by atoms with Gasteiger partial charge in [0.15, 0.2) is 11.5 Å². The number of hydrogen-bond acceptors (Lipinski definition) is 4. The van der Waals surface area contributed by atoms with E-state index in [2.05, 4.69) is 0 Å². The van der Waals surface area contributed by atoms with E-state index in [4.69, 9.17) is 9.15 Å². The van der Waals surface area contributed by atoms with E-state index in [9.17, 15) is 14.3 Å². The van der Waals surface area contributed by atoms with E-state index >= 15 is 0 Å². The molecule has 2 rings (SSSR count). The number of ether oxygens (including phenoxy) is 1. The first-order valence-electron chi connectivity index (χ1n) is 5.44. The molecule has 0 aliphatic rings. The monoisotopic (exact) mass is 252 g/mol. The minimum absolute atomic E-state index is 0.0857. The van der Waals surface area contributed by atoms with Gasteiger partial charge in [-0.05, 0) is 26.0 Å². The van der Waals surface area contributed by atoms with Crippen LogP contribution >= 0.6 is 0 Å². The first-order valence-corrected chi connectivity index (χ1v) is 5.44. The Hall–Kier alpha value is -2.04. The number of fused-ring (bicyclic) bond motifs is 1. The van der Waals surface area contributed by atoms with Gasteiger partial charge in [-0.2, -0.15) is 0 Å². The molecule has 1 heterocycles. The van der Waals surface area contributed by atoms with Crippen molar-refractivity contribution >= 4 is 11.0 Å². The number of alkyl halides is 1. The maximum atomic E-state index is 13.3. The highest BCUT2D eigenvalue weighted by atomic mass is 19.1. The van der Waals surface area contributed by atoms with Crippen molar-refractivity contribution in [3.8, 4) is 11.5 Å². The van der Waals surface area contributed by atoms with Gasteiger partial charge >= 0.3 is 5.63 Å². The lowest BCUT2D eigenvalue weighted by molar-refractivity contribution is 0.118. The fourth-order valence-electron chi connectivity index (χ4n) is 1.45. The molecule has 1 aromatic carbocycles. The molecule has 4 nitrogen and oxygen atoms in total. The van der Waals surface area contributed by atoms with Crippen LogP contribution in [0.3, 0.4) is 0 Å². The van der Waals surface area contributed by atoms with Crippen molar-refractivity contribution in [1.29, 1.82) is 0 Å². The zero-order valence-corrected chi connectivity index (χ0v) is 10.1. The minimum atomic E-state index is -1.51. The van der Waals surface area contributed by atoms with Crippen molar-refractivity contribution in [2.75, 3.05) is 6.61 Å². The lowest BCUT2D eigenvalue weighted by atomic mass is 10.2. The van der Waals surface area contributed by atoms with Crippen LogP contribution in [-0.2, 0) is 0 Å². The highest BCUT2D eigenvalue weighted by molar-refractivity contribution is 5.80. The quantitative estimate of drug-likeness (QED) is 0.853. The summed E-state index contributed by atoms with van der Waals surface area (Å²) in [5, 5.41) is 10.3. The van der Waals surface area contributed by atoms with E-state index in [1.165, 1.54) is 38.1 Å². The van der Waals surface area contributed by atoms with Crippen LogP contribution in [0.2, 0.25) is 0 Å². The minimum Gasteiger partial charge on any atom is -0.504 e. The number of phenolic OH excluding ortho intramolecular Hbond substituents is 1. The first-order chi connectivity index (χ1) is 8.35. The molecule has 0 unspecified atom stereocenters. The molecule has 0 amide bonds. The molecule has 0 atom stereocenters. The average Bonchev–Trinajstić information content (AvgIpc) is 2.26. The largest absolute Gasteiger partial charge is 0.504 e. The van der Waals surface area contributed by atoms with Crippen LogP contribution < -0.4 is 10.4 Å². The first kappa shape index (κ1) is 12.4. The van der Waals surface area contributed by atoms with Crippen LogP contribution in [0.1, 0.15) is 13.8 Å². The van der Waals surface area contributed by atoms with E-state index in [0.717, 1.165) is 0 Å². The van der Waals surface area contributed by atoms with E-state index in [0.29, 0.717) is 5.39 Å². The summed E-state index contributed by atoms with van der Waals surface area (Å²) in [6.45, 7) is 2.53. The zero-order valence-electron chi connectivity index (χ0n) is 10.1. The third-order valence-corrected chi connectivity index (χ3v) is 2.27. The third-order valence-electron chi connectivity index (χ3n) is 2.27. The predicted molar refractivity (Wildman–Crippen MR) is 64.8 cm³/mol. The van der Waals surface area contributed by atoms with Gasteiger partial charge in [-0.1, -0.05) is 0 Å². The number of aromatic hydroxyl groups is 1. The molecule has 96 valence electrons. The summed E-state index contributed by atoms with van der Waals surface area (Å²) in [4.78, 5) is 11.1. The third kappa shape index (κ3) is 2.80. The van der Waals surface area contributed by atoms with E-state index in [1.54, 1.807) is 0 Å². The van der Waals surface area contributed by atoms with Crippen molar-refractivity contribution in [2.24, 2.45) is 0 Å². The molecule has 0 spiro atoms. The highest BCUT2D eigenvalue weighted by Crippen LogP contribution is 2.31. The predicted octanol–water partition coefficient (Wildman–Crippen LogP) is 2.63. The van der Waals surface area contributed by atoms with Crippen molar-refractivity contribution in [3.05, 3.63) is 34.7 Å². The second-order valence-electron chi connectivity index (χ2n) is 4.62. The molecule has 18 heavy (non-hydrogen) atoms. The lowest BCUT2D eigenvalue weighted by Gasteiger charge is -2.16. The van der Waals surface area contributed by atoms with Crippen molar-refractivity contribution < 1.29 is 18.7 Å². The highest BCUT2D eigenvalue weighted by Gasteiger charge is 2.18. The topological polar surface area (TPSA) is 59.7 Å². The fraction of sp³-hybridized carbons (Fsp3) is 0.308. The molecule has 0 radical (unpaired) electrons. The number of benzene rings is 1. The molecule has 2 aromatic rings. The molecule has 5 heteroatoms. The van der Waals surface area contributed by atoms with Gasteiger partial charge in [0.1, 0.15) is 17.9 Å². The number of rotatable bonds is 3. The smallest absolute Gasteiger partial charge is 0.336 e. The summed E-state index contributed by atoms with van der Waals surface area (Å²) in [5.41, 5.74) is -1.73. The second kappa shape index (κ2) is 4.33.